The van der Waals surface area contributed by atoms with Gasteiger partial charge in [-0.05, 0) is 31.5 Å². The zero-order chi connectivity index (χ0) is 13.7. The first-order chi connectivity index (χ1) is 9.17. The quantitative estimate of drug-likeness (QED) is 0.765. The van der Waals surface area contributed by atoms with Gasteiger partial charge in [-0.1, -0.05) is 12.1 Å². The minimum absolute atomic E-state index is 0.573. The van der Waals surface area contributed by atoms with Gasteiger partial charge in [0.25, 0.3) is 0 Å². The van der Waals surface area contributed by atoms with Crippen LogP contribution in [0.2, 0.25) is 0 Å². The fourth-order valence-electron chi connectivity index (χ4n) is 1.79. The van der Waals surface area contributed by atoms with Gasteiger partial charge in [0.15, 0.2) is 0 Å². The summed E-state index contributed by atoms with van der Waals surface area (Å²) in [6, 6.07) is 10.0. The van der Waals surface area contributed by atoms with E-state index in [2.05, 4.69) is 39.7 Å². The van der Waals surface area contributed by atoms with E-state index in [1.54, 1.807) is 0 Å². The molecule has 0 amide bonds. The Bertz CT molecular complexity index is 553. The summed E-state index contributed by atoms with van der Waals surface area (Å²) in [6.45, 7) is 5.20. The molecule has 0 radical (unpaired) electrons. The maximum atomic E-state index is 5.47. The van der Waals surface area contributed by atoms with Crippen LogP contribution in [-0.2, 0) is 0 Å². The van der Waals surface area contributed by atoms with Gasteiger partial charge in [-0.3, -0.25) is 0 Å². The summed E-state index contributed by atoms with van der Waals surface area (Å²) in [5.74, 6) is 2.28. The Morgan fingerprint density at radius 3 is 2.63 bits per heavy atom. The third kappa shape index (κ3) is 3.93. The Morgan fingerprint density at radius 1 is 1.11 bits per heavy atom. The van der Waals surface area contributed by atoms with Crippen molar-refractivity contribution in [2.24, 2.45) is 5.73 Å². The number of hydrogen-bond donors (Lipinski definition) is 3. The molecule has 19 heavy (non-hydrogen) atoms. The van der Waals surface area contributed by atoms with Crippen molar-refractivity contribution in [2.45, 2.75) is 13.8 Å². The lowest BCUT2D eigenvalue weighted by Crippen LogP contribution is -2.14. The van der Waals surface area contributed by atoms with E-state index in [0.717, 1.165) is 23.1 Å². The standard InChI is InChI=1S/C14H19N5/c1-10-4-3-5-12(8-10)19-14-9-13(16-7-6-15)17-11(2)18-14/h3-5,8-9H,6-7,15H2,1-2H3,(H2,16,17,18,19). The van der Waals surface area contributed by atoms with E-state index in [1.165, 1.54) is 5.56 Å². The van der Waals surface area contributed by atoms with E-state index in [-0.39, 0.29) is 0 Å². The third-order valence-electron chi connectivity index (χ3n) is 2.58. The van der Waals surface area contributed by atoms with Crippen LogP contribution in [0.25, 0.3) is 0 Å². The van der Waals surface area contributed by atoms with Gasteiger partial charge in [-0.25, -0.2) is 9.97 Å². The molecule has 1 aromatic carbocycles. The molecule has 0 saturated heterocycles. The number of aromatic nitrogens is 2. The number of rotatable bonds is 5. The molecule has 0 aliphatic heterocycles. The van der Waals surface area contributed by atoms with Gasteiger partial charge in [-0.15, -0.1) is 0 Å². The fourth-order valence-corrected chi connectivity index (χ4v) is 1.79. The second-order valence-corrected chi connectivity index (χ2v) is 4.40. The molecule has 0 fully saturated rings. The second kappa shape index (κ2) is 6.15. The molecule has 5 heteroatoms. The highest BCUT2D eigenvalue weighted by molar-refractivity contribution is 5.59. The SMILES string of the molecule is Cc1cccc(Nc2cc(NCCN)nc(C)n2)c1. The normalized spacial score (nSPS) is 10.3. The van der Waals surface area contributed by atoms with Crippen LogP contribution in [0.15, 0.2) is 30.3 Å². The van der Waals surface area contributed by atoms with Crippen LogP contribution >= 0.6 is 0 Å². The van der Waals surface area contributed by atoms with E-state index in [0.29, 0.717) is 13.1 Å². The number of benzene rings is 1. The molecule has 2 rings (SSSR count). The van der Waals surface area contributed by atoms with Crippen molar-refractivity contribution in [1.82, 2.24) is 9.97 Å². The molecule has 0 atom stereocenters. The van der Waals surface area contributed by atoms with Gasteiger partial charge in [0, 0.05) is 24.8 Å². The van der Waals surface area contributed by atoms with Gasteiger partial charge in [0.1, 0.15) is 17.5 Å². The van der Waals surface area contributed by atoms with Crippen molar-refractivity contribution in [3.05, 3.63) is 41.7 Å². The van der Waals surface area contributed by atoms with Gasteiger partial charge in [-0.2, -0.15) is 0 Å². The molecule has 4 N–H and O–H groups in total. The van der Waals surface area contributed by atoms with Gasteiger partial charge >= 0.3 is 0 Å². The summed E-state index contributed by atoms with van der Waals surface area (Å²) < 4.78 is 0. The number of nitrogens with zero attached hydrogens (tertiary/aromatic N) is 2. The molecule has 0 bridgehead atoms. The fraction of sp³-hybridized carbons (Fsp3) is 0.286. The van der Waals surface area contributed by atoms with Crippen molar-refractivity contribution >= 4 is 17.3 Å². The van der Waals surface area contributed by atoms with Crippen molar-refractivity contribution in [3.8, 4) is 0 Å². The number of aryl methyl sites for hydroxylation is 2. The van der Waals surface area contributed by atoms with Crippen LogP contribution < -0.4 is 16.4 Å². The van der Waals surface area contributed by atoms with Crippen LogP contribution in [0, 0.1) is 13.8 Å². The van der Waals surface area contributed by atoms with Crippen molar-refractivity contribution in [3.63, 3.8) is 0 Å². The Kier molecular flexibility index (Phi) is 4.30. The van der Waals surface area contributed by atoms with Crippen molar-refractivity contribution < 1.29 is 0 Å². The molecular formula is C14H19N5. The van der Waals surface area contributed by atoms with E-state index >= 15 is 0 Å². The zero-order valence-electron chi connectivity index (χ0n) is 11.3. The number of anilines is 3. The zero-order valence-corrected chi connectivity index (χ0v) is 11.3. The Hall–Kier alpha value is -2.14. The molecule has 0 saturated carbocycles. The molecule has 1 heterocycles. The molecule has 0 aliphatic carbocycles. The Labute approximate surface area is 113 Å². The summed E-state index contributed by atoms with van der Waals surface area (Å²) in [5, 5.41) is 6.44. The maximum absolute atomic E-state index is 5.47. The lowest BCUT2D eigenvalue weighted by atomic mass is 10.2. The monoisotopic (exact) mass is 257 g/mol. The highest BCUT2D eigenvalue weighted by Gasteiger charge is 2.02. The van der Waals surface area contributed by atoms with Gasteiger partial charge < -0.3 is 16.4 Å². The topological polar surface area (TPSA) is 75.9 Å². The number of nitrogens with two attached hydrogens (primary N) is 1. The molecule has 2 aromatic rings. The summed E-state index contributed by atoms with van der Waals surface area (Å²) in [5.41, 5.74) is 7.69. The Balaban J connectivity index is 2.17. The summed E-state index contributed by atoms with van der Waals surface area (Å²) in [6.07, 6.45) is 0. The Morgan fingerprint density at radius 2 is 1.89 bits per heavy atom. The summed E-state index contributed by atoms with van der Waals surface area (Å²) in [7, 11) is 0. The molecule has 5 nitrogen and oxygen atoms in total. The molecule has 0 spiro atoms. The smallest absolute Gasteiger partial charge is 0.136 e. The van der Waals surface area contributed by atoms with Gasteiger partial charge in [0.05, 0.1) is 0 Å². The molecule has 0 unspecified atom stereocenters. The lowest BCUT2D eigenvalue weighted by Gasteiger charge is -2.10. The van der Waals surface area contributed by atoms with Crippen LogP contribution in [0.3, 0.4) is 0 Å². The average molecular weight is 257 g/mol. The van der Waals surface area contributed by atoms with Crippen molar-refractivity contribution in [1.29, 1.82) is 0 Å². The van der Waals surface area contributed by atoms with Crippen molar-refractivity contribution in [2.75, 3.05) is 23.7 Å². The highest BCUT2D eigenvalue weighted by Crippen LogP contribution is 2.18. The molecular weight excluding hydrogens is 238 g/mol. The van der Waals surface area contributed by atoms with Crippen LogP contribution in [-0.4, -0.2) is 23.1 Å². The third-order valence-corrected chi connectivity index (χ3v) is 2.58. The van der Waals surface area contributed by atoms with Crippen LogP contribution in [0.5, 0.6) is 0 Å². The predicted molar refractivity (Wildman–Crippen MR) is 78.8 cm³/mol. The average Bonchev–Trinajstić information content (AvgIpc) is 2.35. The second-order valence-electron chi connectivity index (χ2n) is 4.40. The minimum Gasteiger partial charge on any atom is -0.369 e. The molecule has 1 aromatic heterocycles. The maximum Gasteiger partial charge on any atom is 0.136 e. The lowest BCUT2D eigenvalue weighted by molar-refractivity contribution is 0.987. The number of nitrogens with one attached hydrogen (secondary N) is 2. The first kappa shape index (κ1) is 13.3. The highest BCUT2D eigenvalue weighted by atomic mass is 15.1. The predicted octanol–water partition coefficient (Wildman–Crippen LogP) is 2.21. The minimum atomic E-state index is 0.573. The van der Waals surface area contributed by atoms with E-state index < -0.39 is 0 Å². The summed E-state index contributed by atoms with van der Waals surface area (Å²) >= 11 is 0. The largest absolute Gasteiger partial charge is 0.369 e. The van der Waals surface area contributed by atoms with Crippen LogP contribution in [0.1, 0.15) is 11.4 Å². The van der Waals surface area contributed by atoms with Gasteiger partial charge in [0.2, 0.25) is 0 Å². The first-order valence-electron chi connectivity index (χ1n) is 6.30. The molecule has 100 valence electrons. The van der Waals surface area contributed by atoms with E-state index in [1.807, 2.05) is 25.1 Å². The first-order valence-corrected chi connectivity index (χ1v) is 6.30. The van der Waals surface area contributed by atoms with Crippen LogP contribution in [0.4, 0.5) is 17.3 Å². The van der Waals surface area contributed by atoms with E-state index in [9.17, 15) is 0 Å². The van der Waals surface area contributed by atoms with E-state index in [4.69, 9.17) is 5.73 Å². The summed E-state index contributed by atoms with van der Waals surface area (Å²) in [4.78, 5) is 8.69. The number of hydrogen-bond acceptors (Lipinski definition) is 5. The molecule has 0 aliphatic rings.